The smallest absolute Gasteiger partial charge is 0.0581 e. The van der Waals surface area contributed by atoms with E-state index >= 15 is 0 Å². The lowest BCUT2D eigenvalue weighted by atomic mass is 9.94. The van der Waals surface area contributed by atoms with Gasteiger partial charge in [0.15, 0.2) is 0 Å². The van der Waals surface area contributed by atoms with Crippen LogP contribution in [0.25, 0.3) is 0 Å². The van der Waals surface area contributed by atoms with Crippen molar-refractivity contribution < 1.29 is 0 Å². The van der Waals surface area contributed by atoms with Gasteiger partial charge in [0.1, 0.15) is 0 Å². The fourth-order valence-electron chi connectivity index (χ4n) is 1.96. The van der Waals surface area contributed by atoms with Crippen LogP contribution in [-0.4, -0.2) is 6.54 Å². The monoisotopic (exact) mass is 205 g/mol. The molecule has 0 saturated heterocycles. The lowest BCUT2D eigenvalue weighted by Gasteiger charge is -2.22. The van der Waals surface area contributed by atoms with Crippen LogP contribution in [-0.2, 0) is 6.42 Å². The summed E-state index contributed by atoms with van der Waals surface area (Å²) in [5.74, 6) is 5.98. The fraction of sp³-hybridized carbons (Fsp3) is 0.500. The zero-order valence-corrected chi connectivity index (χ0v) is 9.29. The highest BCUT2D eigenvalue weighted by molar-refractivity contribution is 7.10. The molecule has 1 unspecified atom stereocenters. The predicted molar refractivity (Wildman–Crippen MR) is 61.5 cm³/mol. The molecule has 0 aromatic carbocycles. The van der Waals surface area contributed by atoms with Gasteiger partial charge in [-0.3, -0.25) is 5.32 Å². The van der Waals surface area contributed by atoms with Crippen molar-refractivity contribution in [1.29, 1.82) is 0 Å². The fourth-order valence-corrected chi connectivity index (χ4v) is 2.95. The minimum atomic E-state index is 0.547. The minimum Gasteiger partial charge on any atom is -0.299 e. The highest BCUT2D eigenvalue weighted by Gasteiger charge is 2.19. The zero-order valence-electron chi connectivity index (χ0n) is 8.47. The Hall–Kier alpha value is -0.780. The van der Waals surface area contributed by atoms with E-state index in [9.17, 15) is 0 Å². The van der Waals surface area contributed by atoms with Crippen LogP contribution >= 0.6 is 11.3 Å². The van der Waals surface area contributed by atoms with Gasteiger partial charge in [-0.1, -0.05) is 5.92 Å². The van der Waals surface area contributed by atoms with Gasteiger partial charge in [0, 0.05) is 10.9 Å². The van der Waals surface area contributed by atoms with Gasteiger partial charge in [-0.15, -0.1) is 17.3 Å². The lowest BCUT2D eigenvalue weighted by molar-refractivity contribution is 0.488. The molecule has 1 aliphatic carbocycles. The van der Waals surface area contributed by atoms with Crippen molar-refractivity contribution >= 4 is 11.3 Å². The number of rotatable bonds is 2. The minimum absolute atomic E-state index is 0.547. The lowest BCUT2D eigenvalue weighted by Crippen LogP contribution is -2.24. The predicted octanol–water partition coefficient (Wildman–Crippen LogP) is 2.74. The quantitative estimate of drug-likeness (QED) is 0.732. The average Bonchev–Trinajstić information content (AvgIpc) is 2.67. The molecule has 2 rings (SSSR count). The van der Waals surface area contributed by atoms with Gasteiger partial charge in [0.05, 0.1) is 6.54 Å². The molecule has 1 nitrogen and oxygen atoms in total. The van der Waals surface area contributed by atoms with Crippen LogP contribution < -0.4 is 5.32 Å². The van der Waals surface area contributed by atoms with Crippen molar-refractivity contribution in [3.05, 3.63) is 21.9 Å². The van der Waals surface area contributed by atoms with Crippen LogP contribution in [0.3, 0.4) is 0 Å². The Morgan fingerprint density at radius 2 is 2.57 bits per heavy atom. The van der Waals surface area contributed by atoms with Crippen molar-refractivity contribution in [1.82, 2.24) is 5.32 Å². The molecule has 74 valence electrons. The third kappa shape index (κ3) is 2.00. The molecule has 0 aliphatic heterocycles. The van der Waals surface area contributed by atoms with Crippen molar-refractivity contribution in [2.24, 2.45) is 0 Å². The number of thiophene rings is 1. The zero-order chi connectivity index (χ0) is 9.80. The standard InChI is InChI=1S/C12H15NS/c1-2-3-8-13-11-5-4-6-12-10(11)7-9-14-12/h7,9,11,13H,4-6,8H2,1H3. The van der Waals surface area contributed by atoms with E-state index in [0.717, 1.165) is 6.54 Å². The highest BCUT2D eigenvalue weighted by Crippen LogP contribution is 2.32. The molecule has 1 heterocycles. The molecule has 0 spiro atoms. The van der Waals surface area contributed by atoms with Gasteiger partial charge in [-0.05, 0) is 43.2 Å². The molecule has 0 fully saturated rings. The van der Waals surface area contributed by atoms with Crippen molar-refractivity contribution in [2.75, 3.05) is 6.54 Å². The maximum Gasteiger partial charge on any atom is 0.0581 e. The molecule has 1 atom stereocenters. The van der Waals surface area contributed by atoms with Gasteiger partial charge < -0.3 is 0 Å². The Morgan fingerprint density at radius 1 is 1.64 bits per heavy atom. The van der Waals surface area contributed by atoms with Crippen LogP contribution in [0.4, 0.5) is 0 Å². The number of fused-ring (bicyclic) bond motifs is 1. The van der Waals surface area contributed by atoms with Crippen LogP contribution in [0.15, 0.2) is 11.4 Å². The summed E-state index contributed by atoms with van der Waals surface area (Å²) in [4.78, 5) is 1.57. The van der Waals surface area contributed by atoms with Gasteiger partial charge in [0.2, 0.25) is 0 Å². The Labute approximate surface area is 89.5 Å². The average molecular weight is 205 g/mol. The van der Waals surface area contributed by atoms with Gasteiger partial charge in [0.25, 0.3) is 0 Å². The number of aryl methyl sites for hydroxylation is 1. The van der Waals surface area contributed by atoms with Crippen molar-refractivity contribution in [3.63, 3.8) is 0 Å². The maximum absolute atomic E-state index is 3.50. The summed E-state index contributed by atoms with van der Waals surface area (Å²) in [6.07, 6.45) is 3.84. The number of hydrogen-bond acceptors (Lipinski definition) is 2. The normalized spacial score (nSPS) is 19.6. The third-order valence-electron chi connectivity index (χ3n) is 2.67. The maximum atomic E-state index is 3.50. The third-order valence-corrected chi connectivity index (χ3v) is 3.66. The van der Waals surface area contributed by atoms with E-state index in [-0.39, 0.29) is 0 Å². The summed E-state index contributed by atoms with van der Waals surface area (Å²) in [7, 11) is 0. The summed E-state index contributed by atoms with van der Waals surface area (Å²) in [6.45, 7) is 2.70. The van der Waals surface area contributed by atoms with E-state index < -0.39 is 0 Å². The summed E-state index contributed by atoms with van der Waals surface area (Å²) in [5.41, 5.74) is 1.51. The Kier molecular flexibility index (Phi) is 3.23. The van der Waals surface area contributed by atoms with Crippen LogP contribution in [0.5, 0.6) is 0 Å². The Balaban J connectivity index is 2.03. The molecule has 14 heavy (non-hydrogen) atoms. The molecular formula is C12H15NS. The van der Waals surface area contributed by atoms with E-state index in [1.54, 1.807) is 4.88 Å². The Bertz CT molecular complexity index is 356. The number of nitrogens with one attached hydrogen (secondary N) is 1. The molecule has 2 heteroatoms. The molecule has 0 amide bonds. The van der Waals surface area contributed by atoms with E-state index in [0.29, 0.717) is 6.04 Å². The summed E-state index contributed by atoms with van der Waals surface area (Å²) >= 11 is 1.89. The van der Waals surface area contributed by atoms with Crippen molar-refractivity contribution in [3.8, 4) is 11.8 Å². The molecule has 0 saturated carbocycles. The SMILES string of the molecule is CC#CCNC1CCCc2sccc21. The first-order valence-electron chi connectivity index (χ1n) is 5.11. The van der Waals surface area contributed by atoms with Gasteiger partial charge >= 0.3 is 0 Å². The van der Waals surface area contributed by atoms with Gasteiger partial charge in [-0.2, -0.15) is 0 Å². The first-order valence-corrected chi connectivity index (χ1v) is 5.99. The van der Waals surface area contributed by atoms with Gasteiger partial charge in [-0.25, -0.2) is 0 Å². The molecule has 0 bridgehead atoms. The van der Waals surface area contributed by atoms with E-state index in [1.807, 2.05) is 18.3 Å². The molecular weight excluding hydrogens is 190 g/mol. The van der Waals surface area contributed by atoms with E-state index in [1.165, 1.54) is 24.8 Å². The second-order valence-electron chi connectivity index (χ2n) is 3.55. The van der Waals surface area contributed by atoms with E-state index in [4.69, 9.17) is 0 Å². The highest BCUT2D eigenvalue weighted by atomic mass is 32.1. The molecule has 1 aliphatic rings. The number of hydrogen-bond donors (Lipinski definition) is 1. The summed E-state index contributed by atoms with van der Waals surface area (Å²) < 4.78 is 0. The van der Waals surface area contributed by atoms with Crippen LogP contribution in [0.2, 0.25) is 0 Å². The first-order chi connectivity index (χ1) is 6.92. The van der Waals surface area contributed by atoms with Crippen LogP contribution in [0, 0.1) is 11.8 Å². The second kappa shape index (κ2) is 4.63. The van der Waals surface area contributed by atoms with Crippen LogP contribution in [0.1, 0.15) is 36.2 Å². The first kappa shape index (κ1) is 9.76. The largest absolute Gasteiger partial charge is 0.299 e. The summed E-state index contributed by atoms with van der Waals surface area (Å²) in [5, 5.41) is 5.70. The van der Waals surface area contributed by atoms with Crippen molar-refractivity contribution in [2.45, 2.75) is 32.2 Å². The molecule has 0 radical (unpaired) electrons. The second-order valence-corrected chi connectivity index (χ2v) is 4.55. The van der Waals surface area contributed by atoms with E-state index in [2.05, 4.69) is 28.6 Å². The summed E-state index contributed by atoms with van der Waals surface area (Å²) in [6, 6.07) is 2.81. The molecule has 1 N–H and O–H groups in total. The molecule has 1 aromatic rings. The molecule has 1 aromatic heterocycles. The Morgan fingerprint density at radius 3 is 3.43 bits per heavy atom. The topological polar surface area (TPSA) is 12.0 Å².